The van der Waals surface area contributed by atoms with Crippen LogP contribution in [0.25, 0.3) is 0 Å². The molecule has 0 spiro atoms. The van der Waals surface area contributed by atoms with Crippen molar-refractivity contribution in [3.8, 4) is 0 Å². The Balaban J connectivity index is 1.80. The van der Waals surface area contributed by atoms with Crippen LogP contribution in [0.3, 0.4) is 0 Å². The number of thiophene rings is 1. The average Bonchev–Trinajstić information content (AvgIpc) is 2.97. The van der Waals surface area contributed by atoms with E-state index in [0.29, 0.717) is 24.3 Å². The van der Waals surface area contributed by atoms with Crippen molar-refractivity contribution >= 4 is 33.0 Å². The monoisotopic (exact) mass is 352 g/mol. The molecule has 0 unspecified atom stereocenters. The molecule has 104 valence electrons. The first-order valence-corrected chi connectivity index (χ1v) is 8.03. The third-order valence-electron chi connectivity index (χ3n) is 3.03. The van der Waals surface area contributed by atoms with E-state index in [1.165, 1.54) is 11.3 Å². The van der Waals surface area contributed by atoms with Gasteiger partial charge >= 0.3 is 0 Å². The maximum Gasteiger partial charge on any atom is 0.193 e. The molecule has 0 atom stereocenters. The normalized spacial score (nSPS) is 16.2. The molecule has 3 nitrogen and oxygen atoms in total. The number of ether oxygens (including phenoxy) is 2. The second kappa shape index (κ2) is 6.18. The molecule has 0 amide bonds. The lowest BCUT2D eigenvalue weighted by molar-refractivity contribution is -0.181. The van der Waals surface area contributed by atoms with Gasteiger partial charge < -0.3 is 9.47 Å². The maximum absolute atomic E-state index is 12.4. The van der Waals surface area contributed by atoms with Crippen LogP contribution in [-0.2, 0) is 9.47 Å². The van der Waals surface area contributed by atoms with Gasteiger partial charge in [0.1, 0.15) is 0 Å². The Kier molecular flexibility index (Phi) is 4.31. The van der Waals surface area contributed by atoms with E-state index in [-0.39, 0.29) is 12.1 Å². The van der Waals surface area contributed by atoms with Gasteiger partial charge in [0, 0.05) is 21.0 Å². The molecule has 5 heteroatoms. The number of halogens is 1. The lowest BCUT2D eigenvalue weighted by Gasteiger charge is -2.21. The van der Waals surface area contributed by atoms with Gasteiger partial charge in [-0.25, -0.2) is 0 Å². The Morgan fingerprint density at radius 2 is 2.00 bits per heavy atom. The number of benzene rings is 1. The Bertz CT molecular complexity index is 617. The number of carbonyl (C=O) groups is 1. The Labute approximate surface area is 129 Å². The molecule has 1 aliphatic heterocycles. The second-order valence-electron chi connectivity index (χ2n) is 4.50. The van der Waals surface area contributed by atoms with Crippen molar-refractivity contribution in [3.05, 3.63) is 56.2 Å². The SMILES string of the molecule is O=C(c1cccc(Br)c1)c1csc(C2OCCCO2)c1. The summed E-state index contributed by atoms with van der Waals surface area (Å²) in [5, 5.41) is 1.86. The van der Waals surface area contributed by atoms with Crippen LogP contribution in [0.2, 0.25) is 0 Å². The molecule has 0 aliphatic carbocycles. The van der Waals surface area contributed by atoms with Gasteiger partial charge in [-0.05, 0) is 24.6 Å². The van der Waals surface area contributed by atoms with Crippen LogP contribution >= 0.6 is 27.3 Å². The van der Waals surface area contributed by atoms with Crippen molar-refractivity contribution < 1.29 is 14.3 Å². The summed E-state index contributed by atoms with van der Waals surface area (Å²) in [6, 6.07) is 9.27. The maximum atomic E-state index is 12.4. The van der Waals surface area contributed by atoms with Gasteiger partial charge in [0.15, 0.2) is 12.1 Å². The molecular formula is C15H13BrO3S. The second-order valence-corrected chi connectivity index (χ2v) is 6.36. The molecule has 1 aromatic heterocycles. The van der Waals surface area contributed by atoms with E-state index in [9.17, 15) is 4.79 Å². The summed E-state index contributed by atoms with van der Waals surface area (Å²) >= 11 is 4.88. The van der Waals surface area contributed by atoms with Crippen LogP contribution in [0.15, 0.2) is 40.2 Å². The van der Waals surface area contributed by atoms with Crippen molar-refractivity contribution in [2.45, 2.75) is 12.7 Å². The standard InChI is InChI=1S/C15H13BrO3S/c16-12-4-1-3-10(7-12)14(17)11-8-13(20-9-11)15-18-5-2-6-19-15/h1,3-4,7-9,15H,2,5-6H2. The molecule has 0 bridgehead atoms. The minimum Gasteiger partial charge on any atom is -0.348 e. The molecular weight excluding hydrogens is 340 g/mol. The summed E-state index contributed by atoms with van der Waals surface area (Å²) in [5.41, 5.74) is 1.36. The Morgan fingerprint density at radius 3 is 2.75 bits per heavy atom. The molecule has 20 heavy (non-hydrogen) atoms. The van der Waals surface area contributed by atoms with Crippen molar-refractivity contribution in [1.29, 1.82) is 0 Å². The smallest absolute Gasteiger partial charge is 0.193 e. The van der Waals surface area contributed by atoms with E-state index in [1.807, 2.05) is 35.7 Å². The average molecular weight is 353 g/mol. The fraction of sp³-hybridized carbons (Fsp3) is 0.267. The first-order valence-electron chi connectivity index (χ1n) is 6.36. The summed E-state index contributed by atoms with van der Waals surface area (Å²) in [6.45, 7) is 1.41. The lowest BCUT2D eigenvalue weighted by atomic mass is 10.1. The van der Waals surface area contributed by atoms with E-state index >= 15 is 0 Å². The predicted molar refractivity (Wildman–Crippen MR) is 81.2 cm³/mol. The highest BCUT2D eigenvalue weighted by molar-refractivity contribution is 9.10. The lowest BCUT2D eigenvalue weighted by Crippen LogP contribution is -2.16. The van der Waals surface area contributed by atoms with Crippen molar-refractivity contribution in [2.24, 2.45) is 0 Å². The molecule has 0 saturated carbocycles. The molecule has 2 heterocycles. The summed E-state index contributed by atoms with van der Waals surface area (Å²) in [4.78, 5) is 13.3. The fourth-order valence-corrected chi connectivity index (χ4v) is 3.32. The van der Waals surface area contributed by atoms with E-state index in [4.69, 9.17) is 9.47 Å². The molecule has 0 N–H and O–H groups in total. The third-order valence-corrected chi connectivity index (χ3v) is 4.48. The van der Waals surface area contributed by atoms with E-state index in [1.54, 1.807) is 0 Å². The van der Waals surface area contributed by atoms with Crippen LogP contribution in [0, 0.1) is 0 Å². The number of ketones is 1. The van der Waals surface area contributed by atoms with E-state index < -0.39 is 0 Å². The number of carbonyl (C=O) groups excluding carboxylic acids is 1. The van der Waals surface area contributed by atoms with Crippen LogP contribution < -0.4 is 0 Å². The van der Waals surface area contributed by atoms with Gasteiger partial charge in [-0.3, -0.25) is 4.79 Å². The van der Waals surface area contributed by atoms with Gasteiger partial charge in [-0.15, -0.1) is 11.3 Å². The van der Waals surface area contributed by atoms with Gasteiger partial charge in [0.25, 0.3) is 0 Å². The minimum atomic E-state index is -0.321. The van der Waals surface area contributed by atoms with Crippen molar-refractivity contribution in [2.75, 3.05) is 13.2 Å². The molecule has 1 saturated heterocycles. The zero-order chi connectivity index (χ0) is 13.9. The quantitative estimate of drug-likeness (QED) is 0.777. The van der Waals surface area contributed by atoms with Gasteiger partial charge in [0.2, 0.25) is 0 Å². The molecule has 1 fully saturated rings. The third kappa shape index (κ3) is 3.01. The highest BCUT2D eigenvalue weighted by Gasteiger charge is 2.20. The fourth-order valence-electron chi connectivity index (χ4n) is 2.04. The Morgan fingerprint density at radius 1 is 1.20 bits per heavy atom. The molecule has 1 aliphatic rings. The molecule has 1 aromatic carbocycles. The number of hydrogen-bond donors (Lipinski definition) is 0. The van der Waals surface area contributed by atoms with E-state index in [0.717, 1.165) is 15.8 Å². The van der Waals surface area contributed by atoms with Gasteiger partial charge in [0.05, 0.1) is 18.1 Å². The predicted octanol–water partition coefficient (Wildman–Crippen LogP) is 4.18. The number of hydrogen-bond acceptors (Lipinski definition) is 4. The first kappa shape index (κ1) is 13.9. The van der Waals surface area contributed by atoms with Crippen molar-refractivity contribution in [3.63, 3.8) is 0 Å². The summed E-state index contributed by atoms with van der Waals surface area (Å²) < 4.78 is 12.0. The highest BCUT2D eigenvalue weighted by atomic mass is 79.9. The van der Waals surface area contributed by atoms with Crippen LogP contribution in [0.1, 0.15) is 33.5 Å². The first-order chi connectivity index (χ1) is 9.74. The molecule has 0 radical (unpaired) electrons. The molecule has 2 aromatic rings. The summed E-state index contributed by atoms with van der Waals surface area (Å²) in [5.74, 6) is 0.0182. The zero-order valence-electron chi connectivity index (χ0n) is 10.7. The van der Waals surface area contributed by atoms with Crippen LogP contribution in [0.4, 0.5) is 0 Å². The van der Waals surface area contributed by atoms with Gasteiger partial charge in [-0.1, -0.05) is 28.1 Å². The van der Waals surface area contributed by atoms with Crippen LogP contribution in [0.5, 0.6) is 0 Å². The highest BCUT2D eigenvalue weighted by Crippen LogP contribution is 2.29. The van der Waals surface area contributed by atoms with Crippen LogP contribution in [-0.4, -0.2) is 19.0 Å². The minimum absolute atomic E-state index is 0.0182. The topological polar surface area (TPSA) is 35.5 Å². The van der Waals surface area contributed by atoms with Gasteiger partial charge in [-0.2, -0.15) is 0 Å². The Hall–Kier alpha value is -1.01. The number of rotatable bonds is 3. The zero-order valence-corrected chi connectivity index (χ0v) is 13.1. The largest absolute Gasteiger partial charge is 0.348 e. The van der Waals surface area contributed by atoms with Crippen molar-refractivity contribution in [1.82, 2.24) is 0 Å². The van der Waals surface area contributed by atoms with E-state index in [2.05, 4.69) is 15.9 Å². The summed E-state index contributed by atoms with van der Waals surface area (Å²) in [6.07, 6.45) is 0.601. The summed E-state index contributed by atoms with van der Waals surface area (Å²) in [7, 11) is 0. The molecule has 3 rings (SSSR count).